The molecule has 2 aromatic carbocycles. The smallest absolute Gasteiger partial charge is 0.305 e. The fraction of sp³-hybridized carbons (Fsp3) is 0.188. The minimum Gasteiger partial charge on any atom is -0.481 e. The standard InChI is InChI=1S/C16H16B2O2/c19-16(20)14-10-17-18(11-14)15-8-6-13(7-9-15)12-4-2-1-3-5-12/h1-9,14,17H,10-11H2,(H,19,20). The highest BCUT2D eigenvalue weighted by atomic mass is 16.4. The first-order chi connectivity index (χ1) is 9.74. The minimum atomic E-state index is -0.645. The van der Waals surface area contributed by atoms with Crippen LogP contribution in [0.15, 0.2) is 54.6 Å². The Bertz CT molecular complexity index is 596. The van der Waals surface area contributed by atoms with E-state index in [0.29, 0.717) is 6.60 Å². The van der Waals surface area contributed by atoms with Crippen molar-refractivity contribution in [3.63, 3.8) is 0 Å². The molecule has 98 valence electrons. The lowest BCUT2D eigenvalue weighted by molar-refractivity contribution is -0.140. The first-order valence-corrected chi connectivity index (χ1v) is 7.12. The Morgan fingerprint density at radius 3 is 2.30 bits per heavy atom. The van der Waals surface area contributed by atoms with Gasteiger partial charge in [-0.2, -0.15) is 0 Å². The summed E-state index contributed by atoms with van der Waals surface area (Å²) < 4.78 is 0. The number of benzene rings is 2. The van der Waals surface area contributed by atoms with Gasteiger partial charge in [0, 0.05) is 5.92 Å². The molecule has 0 saturated carbocycles. The van der Waals surface area contributed by atoms with Crippen molar-refractivity contribution in [2.45, 2.75) is 12.6 Å². The minimum absolute atomic E-state index is 0.159. The fourth-order valence-corrected chi connectivity index (χ4v) is 3.09. The molecular formula is C16H16B2O2. The zero-order chi connectivity index (χ0) is 13.9. The summed E-state index contributed by atoms with van der Waals surface area (Å²) in [5.41, 5.74) is 3.70. The van der Waals surface area contributed by atoms with Gasteiger partial charge < -0.3 is 5.11 Å². The van der Waals surface area contributed by atoms with E-state index in [4.69, 9.17) is 5.11 Å². The van der Waals surface area contributed by atoms with Gasteiger partial charge in [-0.15, -0.1) is 0 Å². The lowest BCUT2D eigenvalue weighted by Gasteiger charge is -2.08. The number of hydrogen-bond donors (Lipinski definition) is 1. The largest absolute Gasteiger partial charge is 0.481 e. The molecule has 1 heterocycles. The number of carboxylic acid groups (broad SMARTS) is 1. The highest BCUT2D eigenvalue weighted by Gasteiger charge is 2.33. The van der Waals surface area contributed by atoms with E-state index in [1.54, 1.807) is 0 Å². The number of carboxylic acids is 1. The summed E-state index contributed by atoms with van der Waals surface area (Å²) >= 11 is 0. The van der Waals surface area contributed by atoms with Crippen LogP contribution in [0.5, 0.6) is 0 Å². The van der Waals surface area contributed by atoms with E-state index in [0.717, 1.165) is 19.8 Å². The van der Waals surface area contributed by atoms with Crippen molar-refractivity contribution < 1.29 is 9.90 Å². The lowest BCUT2D eigenvalue weighted by Crippen LogP contribution is -2.32. The van der Waals surface area contributed by atoms with Gasteiger partial charge in [0.25, 0.3) is 0 Å². The molecule has 0 radical (unpaired) electrons. The SMILES string of the molecule is O=C(O)C1CBB(c2ccc(-c3ccccc3)cc2)C1. The molecule has 1 saturated heterocycles. The van der Waals surface area contributed by atoms with Crippen LogP contribution in [0.2, 0.25) is 12.6 Å². The molecule has 1 unspecified atom stereocenters. The molecule has 2 nitrogen and oxygen atoms in total. The molecule has 1 N–H and O–H groups in total. The fourth-order valence-electron chi connectivity index (χ4n) is 3.09. The molecular weight excluding hydrogens is 246 g/mol. The second-order valence-electron chi connectivity index (χ2n) is 5.53. The van der Waals surface area contributed by atoms with Gasteiger partial charge in [0.05, 0.1) is 7.17 Å². The van der Waals surface area contributed by atoms with Crippen LogP contribution < -0.4 is 5.46 Å². The Morgan fingerprint density at radius 2 is 1.70 bits per heavy atom. The Balaban J connectivity index is 1.76. The van der Waals surface area contributed by atoms with Crippen molar-refractivity contribution in [1.82, 2.24) is 0 Å². The summed E-state index contributed by atoms with van der Waals surface area (Å²) in [5, 5.41) is 9.07. The summed E-state index contributed by atoms with van der Waals surface area (Å²) in [5.74, 6) is -0.804. The normalized spacial score (nSPS) is 17.8. The third-order valence-corrected chi connectivity index (χ3v) is 4.27. The third kappa shape index (κ3) is 2.64. The Morgan fingerprint density at radius 1 is 1.05 bits per heavy atom. The van der Waals surface area contributed by atoms with Crippen LogP contribution in [0.1, 0.15) is 0 Å². The molecule has 1 fully saturated rings. The second kappa shape index (κ2) is 5.58. The maximum absolute atomic E-state index is 11.0. The maximum atomic E-state index is 11.0. The van der Waals surface area contributed by atoms with Crippen LogP contribution in [0.3, 0.4) is 0 Å². The van der Waals surface area contributed by atoms with Crippen molar-refractivity contribution in [3.05, 3.63) is 54.6 Å². The first-order valence-electron chi connectivity index (χ1n) is 7.12. The van der Waals surface area contributed by atoms with E-state index >= 15 is 0 Å². The zero-order valence-electron chi connectivity index (χ0n) is 11.3. The van der Waals surface area contributed by atoms with Crippen LogP contribution in [-0.2, 0) is 4.79 Å². The molecule has 1 aliphatic heterocycles. The van der Waals surface area contributed by atoms with Gasteiger partial charge in [-0.3, -0.25) is 4.79 Å². The van der Waals surface area contributed by atoms with Crippen LogP contribution in [0, 0.1) is 5.92 Å². The van der Waals surface area contributed by atoms with E-state index in [2.05, 4.69) is 36.4 Å². The van der Waals surface area contributed by atoms with Gasteiger partial charge in [-0.25, -0.2) is 0 Å². The zero-order valence-corrected chi connectivity index (χ0v) is 11.3. The van der Waals surface area contributed by atoms with Crippen LogP contribution >= 0.6 is 0 Å². The third-order valence-electron chi connectivity index (χ3n) is 4.27. The van der Waals surface area contributed by atoms with E-state index in [1.807, 2.05) is 18.2 Å². The summed E-state index contributed by atoms with van der Waals surface area (Å²) in [6.45, 7) is 0.404. The average Bonchev–Trinajstić information content (AvgIpc) is 2.98. The quantitative estimate of drug-likeness (QED) is 0.860. The van der Waals surface area contributed by atoms with Gasteiger partial charge in [0.15, 0.2) is 0 Å². The number of rotatable bonds is 3. The highest BCUT2D eigenvalue weighted by Crippen LogP contribution is 2.22. The van der Waals surface area contributed by atoms with Crippen molar-refractivity contribution in [1.29, 1.82) is 0 Å². The Labute approximate surface area is 120 Å². The molecule has 0 aliphatic carbocycles. The number of carbonyl (C=O) groups is 1. The Kier molecular flexibility index (Phi) is 3.64. The molecule has 2 aromatic rings. The maximum Gasteiger partial charge on any atom is 0.305 e. The number of hydrogen-bond acceptors (Lipinski definition) is 1. The number of aliphatic carboxylic acids is 1. The molecule has 0 spiro atoms. The Hall–Kier alpha value is -1.96. The van der Waals surface area contributed by atoms with Crippen LogP contribution in [0.4, 0.5) is 0 Å². The summed E-state index contributed by atoms with van der Waals surface area (Å²) in [7, 11) is 0.988. The van der Waals surface area contributed by atoms with E-state index in [9.17, 15) is 4.79 Å². The van der Waals surface area contributed by atoms with Crippen molar-refractivity contribution in [2.24, 2.45) is 5.92 Å². The second-order valence-corrected chi connectivity index (χ2v) is 5.53. The van der Waals surface area contributed by atoms with Crippen molar-refractivity contribution in [3.8, 4) is 11.1 Å². The van der Waals surface area contributed by atoms with Gasteiger partial charge in [0.2, 0.25) is 0 Å². The topological polar surface area (TPSA) is 37.3 Å². The molecule has 1 aliphatic rings. The van der Waals surface area contributed by atoms with Gasteiger partial charge in [-0.05, 0) is 11.1 Å². The lowest BCUT2D eigenvalue weighted by atomic mass is 9.21. The molecule has 1 atom stereocenters. The predicted octanol–water partition coefficient (Wildman–Crippen LogP) is 2.12. The molecule has 3 rings (SSSR count). The van der Waals surface area contributed by atoms with Crippen molar-refractivity contribution >= 4 is 25.2 Å². The molecule has 0 aromatic heterocycles. The molecule has 20 heavy (non-hydrogen) atoms. The highest BCUT2D eigenvalue weighted by molar-refractivity contribution is 7.20. The van der Waals surface area contributed by atoms with Gasteiger partial charge in [0.1, 0.15) is 6.60 Å². The summed E-state index contributed by atoms with van der Waals surface area (Å²) in [6.07, 6.45) is 1.58. The van der Waals surface area contributed by atoms with E-state index in [1.165, 1.54) is 16.6 Å². The molecule has 4 heteroatoms. The summed E-state index contributed by atoms with van der Waals surface area (Å²) in [6, 6.07) is 18.9. The average molecular weight is 262 g/mol. The van der Waals surface area contributed by atoms with Gasteiger partial charge >= 0.3 is 5.97 Å². The molecule has 0 bridgehead atoms. The first kappa shape index (κ1) is 13.0. The van der Waals surface area contributed by atoms with Gasteiger partial charge in [-0.1, -0.05) is 72.7 Å². The summed E-state index contributed by atoms with van der Waals surface area (Å²) in [4.78, 5) is 11.0. The van der Waals surface area contributed by atoms with E-state index < -0.39 is 5.97 Å². The monoisotopic (exact) mass is 262 g/mol. The van der Waals surface area contributed by atoms with Crippen LogP contribution in [-0.4, -0.2) is 24.8 Å². The van der Waals surface area contributed by atoms with Crippen LogP contribution in [0.25, 0.3) is 11.1 Å². The predicted molar refractivity (Wildman–Crippen MR) is 85.2 cm³/mol. The van der Waals surface area contributed by atoms with Crippen molar-refractivity contribution in [2.75, 3.05) is 0 Å². The van der Waals surface area contributed by atoms with E-state index in [-0.39, 0.29) is 5.92 Å². The molecule has 0 amide bonds.